The first-order valence-electron chi connectivity index (χ1n) is 6.16. The van der Waals surface area contributed by atoms with Crippen LogP contribution < -0.4 is 0 Å². The molecule has 2 rings (SSSR count). The molecule has 1 radical (unpaired) electrons. The number of rotatable bonds is 5. The van der Waals surface area contributed by atoms with E-state index >= 15 is 0 Å². The van der Waals surface area contributed by atoms with Crippen LogP contribution in [0.5, 0.6) is 0 Å². The van der Waals surface area contributed by atoms with Crippen LogP contribution >= 0.6 is 19.8 Å². The van der Waals surface area contributed by atoms with Crippen LogP contribution in [0.2, 0.25) is 0 Å². The third kappa shape index (κ3) is 5.03. The van der Waals surface area contributed by atoms with Crippen LogP contribution in [0.15, 0.2) is 73.3 Å². The van der Waals surface area contributed by atoms with Gasteiger partial charge in [0.15, 0.2) is 0 Å². The second-order valence-corrected chi connectivity index (χ2v) is 4.47. The molecule has 0 saturated carbocycles. The Labute approximate surface area is 145 Å². The Morgan fingerprint density at radius 3 is 1.52 bits per heavy atom. The largest absolute Gasteiger partial charge is 0.395 e. The van der Waals surface area contributed by atoms with Gasteiger partial charge in [-0.25, -0.2) is 0 Å². The fourth-order valence-corrected chi connectivity index (χ4v) is 2.41. The minimum atomic E-state index is -0.385. The van der Waals surface area contributed by atoms with Gasteiger partial charge in [-0.1, -0.05) is 66.7 Å². The molecular formula is C17H24CuOP2. The molecule has 2 aromatic rings. The average molecular weight is 370 g/mol. The van der Waals surface area contributed by atoms with Crippen molar-refractivity contribution < 1.29 is 22.2 Å². The number of aliphatic hydroxyl groups excluding tert-OH is 1. The monoisotopic (exact) mass is 369 g/mol. The van der Waals surface area contributed by atoms with E-state index in [9.17, 15) is 5.11 Å². The van der Waals surface area contributed by atoms with Crippen LogP contribution in [0, 0.1) is 0 Å². The van der Waals surface area contributed by atoms with E-state index in [-0.39, 0.29) is 48.9 Å². The predicted molar refractivity (Wildman–Crippen MR) is 97.8 cm³/mol. The molecule has 0 aliphatic carbocycles. The van der Waals surface area contributed by atoms with Crippen LogP contribution in [-0.4, -0.2) is 11.7 Å². The minimum absolute atomic E-state index is 0. The Kier molecular flexibility index (Phi) is 12.1. The van der Waals surface area contributed by atoms with Crippen molar-refractivity contribution in [3.05, 3.63) is 84.4 Å². The van der Waals surface area contributed by atoms with Crippen LogP contribution in [-0.2, 0) is 22.5 Å². The van der Waals surface area contributed by atoms with E-state index in [1.807, 2.05) is 42.5 Å². The average Bonchev–Trinajstić information content (AvgIpc) is 2.47. The first-order valence-corrected chi connectivity index (χ1v) is 6.16. The molecule has 0 saturated heterocycles. The fourth-order valence-electron chi connectivity index (χ4n) is 2.41. The summed E-state index contributed by atoms with van der Waals surface area (Å²) in [7, 11) is 0. The zero-order valence-electron chi connectivity index (χ0n) is 12.1. The first kappa shape index (κ1) is 22.8. The van der Waals surface area contributed by atoms with Crippen LogP contribution in [0.1, 0.15) is 17.5 Å². The molecular weight excluding hydrogens is 346 g/mol. The van der Waals surface area contributed by atoms with Crippen molar-refractivity contribution in [3.8, 4) is 0 Å². The summed E-state index contributed by atoms with van der Waals surface area (Å²) in [6, 6.07) is 20.3. The van der Waals surface area contributed by atoms with E-state index in [1.54, 1.807) is 0 Å². The van der Waals surface area contributed by atoms with E-state index in [0.717, 1.165) is 17.5 Å². The van der Waals surface area contributed by atoms with Gasteiger partial charge in [0.2, 0.25) is 0 Å². The van der Waals surface area contributed by atoms with Crippen molar-refractivity contribution in [2.75, 3.05) is 6.61 Å². The summed E-state index contributed by atoms with van der Waals surface area (Å²) < 4.78 is 0. The molecule has 2 atom stereocenters. The molecule has 4 heteroatoms. The van der Waals surface area contributed by atoms with E-state index in [4.69, 9.17) is 0 Å². The standard InChI is InChI=1S/C17H18O.Cu.2H3P/c1-2-13-17(14-18,15-9-5-3-6-10-15)16-11-7-4-8-12-16;;;/h2-12,18H,1,13-14H2;;2*1H3. The topological polar surface area (TPSA) is 20.2 Å². The number of aliphatic hydroxyl groups is 1. The first-order chi connectivity index (χ1) is 8.83. The van der Waals surface area contributed by atoms with Gasteiger partial charge >= 0.3 is 0 Å². The normalized spacial score (nSPS) is 9.57. The fraction of sp³-hybridized carbons (Fsp3) is 0.176. The van der Waals surface area contributed by atoms with Crippen molar-refractivity contribution >= 4 is 19.8 Å². The molecule has 0 aliphatic heterocycles. The minimum Gasteiger partial charge on any atom is -0.395 e. The molecule has 0 amide bonds. The summed E-state index contributed by atoms with van der Waals surface area (Å²) in [4.78, 5) is 0. The molecule has 0 spiro atoms. The maximum absolute atomic E-state index is 9.97. The SMILES string of the molecule is C=CCC(CO)(c1ccccc1)c1ccccc1.P.P.[Cu]. The molecule has 2 unspecified atom stereocenters. The maximum Gasteiger partial charge on any atom is 0.0571 e. The smallest absolute Gasteiger partial charge is 0.0571 e. The molecule has 0 aliphatic rings. The Hall–Kier alpha value is -0.481. The summed E-state index contributed by atoms with van der Waals surface area (Å²) >= 11 is 0. The van der Waals surface area contributed by atoms with Gasteiger partial charge in [0, 0.05) is 22.5 Å². The Morgan fingerprint density at radius 1 is 0.857 bits per heavy atom. The van der Waals surface area contributed by atoms with Gasteiger partial charge in [-0.15, -0.1) is 6.58 Å². The molecule has 21 heavy (non-hydrogen) atoms. The Morgan fingerprint density at radius 2 is 1.24 bits per heavy atom. The Bertz CT molecular complexity index is 463. The van der Waals surface area contributed by atoms with Crippen LogP contribution in [0.3, 0.4) is 0 Å². The third-order valence-corrected chi connectivity index (χ3v) is 3.42. The number of hydrogen-bond acceptors (Lipinski definition) is 1. The molecule has 0 bridgehead atoms. The molecule has 0 aromatic heterocycles. The van der Waals surface area contributed by atoms with Gasteiger partial charge < -0.3 is 5.11 Å². The summed E-state index contributed by atoms with van der Waals surface area (Å²) in [6.07, 6.45) is 2.59. The summed E-state index contributed by atoms with van der Waals surface area (Å²) in [5.41, 5.74) is 1.86. The second-order valence-electron chi connectivity index (χ2n) is 4.47. The molecule has 1 nitrogen and oxygen atoms in total. The van der Waals surface area contributed by atoms with E-state index in [1.165, 1.54) is 0 Å². The molecule has 0 heterocycles. The molecule has 119 valence electrons. The zero-order valence-corrected chi connectivity index (χ0v) is 15.9. The van der Waals surface area contributed by atoms with Gasteiger partial charge in [0.05, 0.1) is 6.61 Å². The van der Waals surface area contributed by atoms with Gasteiger partial charge in [-0.2, -0.15) is 19.8 Å². The maximum atomic E-state index is 9.97. The van der Waals surface area contributed by atoms with Crippen LogP contribution in [0.25, 0.3) is 0 Å². The summed E-state index contributed by atoms with van der Waals surface area (Å²) in [5, 5.41) is 9.97. The van der Waals surface area contributed by atoms with Gasteiger partial charge in [0.1, 0.15) is 0 Å². The van der Waals surface area contributed by atoms with Crippen LogP contribution in [0.4, 0.5) is 0 Å². The molecule has 0 fully saturated rings. The van der Waals surface area contributed by atoms with Gasteiger partial charge in [0.25, 0.3) is 0 Å². The summed E-state index contributed by atoms with van der Waals surface area (Å²) in [6.45, 7) is 3.91. The van der Waals surface area contributed by atoms with Crippen molar-refractivity contribution in [2.45, 2.75) is 11.8 Å². The van der Waals surface area contributed by atoms with E-state index in [0.29, 0.717) is 0 Å². The van der Waals surface area contributed by atoms with E-state index in [2.05, 4.69) is 30.8 Å². The van der Waals surface area contributed by atoms with Crippen molar-refractivity contribution in [2.24, 2.45) is 0 Å². The number of hydrogen-bond donors (Lipinski definition) is 1. The number of benzene rings is 2. The van der Waals surface area contributed by atoms with Gasteiger partial charge in [-0.05, 0) is 17.5 Å². The van der Waals surface area contributed by atoms with Crippen molar-refractivity contribution in [1.29, 1.82) is 0 Å². The summed E-state index contributed by atoms with van der Waals surface area (Å²) in [5.74, 6) is 0. The zero-order chi connectivity index (χ0) is 12.8. The third-order valence-electron chi connectivity index (χ3n) is 3.42. The number of allylic oxidation sites excluding steroid dienone is 1. The van der Waals surface area contributed by atoms with Crippen molar-refractivity contribution in [3.63, 3.8) is 0 Å². The predicted octanol–water partition coefficient (Wildman–Crippen LogP) is 3.65. The van der Waals surface area contributed by atoms with Gasteiger partial charge in [-0.3, -0.25) is 0 Å². The van der Waals surface area contributed by atoms with Crippen molar-refractivity contribution in [1.82, 2.24) is 0 Å². The van der Waals surface area contributed by atoms with E-state index < -0.39 is 0 Å². The second kappa shape index (κ2) is 11.1. The molecule has 2 aromatic carbocycles. The quantitative estimate of drug-likeness (QED) is 0.484. The Balaban J connectivity index is 0. The molecule has 1 N–H and O–H groups in total.